The lowest BCUT2D eigenvalue weighted by molar-refractivity contribution is 0.107. The molecule has 80 valence electrons. The van der Waals surface area contributed by atoms with Crippen LogP contribution in [0, 0.1) is 0 Å². The lowest BCUT2D eigenvalue weighted by Gasteiger charge is -2.40. The van der Waals surface area contributed by atoms with E-state index in [0.717, 1.165) is 13.1 Å². The molecule has 0 spiro atoms. The van der Waals surface area contributed by atoms with Crippen LogP contribution in [-0.4, -0.2) is 30.1 Å². The highest BCUT2D eigenvalue weighted by atomic mass is 15.2. The number of rotatable bonds is 7. The van der Waals surface area contributed by atoms with E-state index in [2.05, 4.69) is 32.6 Å². The molecule has 0 aromatic rings. The van der Waals surface area contributed by atoms with Crippen LogP contribution in [0.4, 0.5) is 0 Å². The zero-order valence-corrected chi connectivity index (χ0v) is 9.77. The first kappa shape index (κ1) is 12.9. The average Bonchev–Trinajstić information content (AvgIpc) is 2.14. The molecule has 0 amide bonds. The molecule has 2 heteroatoms. The van der Waals surface area contributed by atoms with Crippen molar-refractivity contribution >= 4 is 0 Å². The Labute approximate surface area is 83.5 Å². The van der Waals surface area contributed by atoms with Crippen LogP contribution >= 0.6 is 0 Å². The molecule has 0 aliphatic heterocycles. The molecule has 0 aromatic heterocycles. The Kier molecular flexibility index (Phi) is 6.35. The smallest absolute Gasteiger partial charge is 0.0303 e. The molecule has 0 fully saturated rings. The quantitative estimate of drug-likeness (QED) is 0.660. The number of hydrogen-bond acceptors (Lipinski definition) is 2. The summed E-state index contributed by atoms with van der Waals surface area (Å²) < 4.78 is 0. The highest BCUT2D eigenvalue weighted by Crippen LogP contribution is 2.19. The minimum absolute atomic E-state index is 0.222. The molecule has 1 atom stereocenters. The maximum Gasteiger partial charge on any atom is 0.0303 e. The highest BCUT2D eigenvalue weighted by Gasteiger charge is 2.27. The van der Waals surface area contributed by atoms with Gasteiger partial charge in [-0.15, -0.1) is 0 Å². The monoisotopic (exact) mass is 186 g/mol. The van der Waals surface area contributed by atoms with Gasteiger partial charge in [-0.05, 0) is 32.9 Å². The summed E-state index contributed by atoms with van der Waals surface area (Å²) in [6.45, 7) is 12.0. The van der Waals surface area contributed by atoms with Gasteiger partial charge >= 0.3 is 0 Å². The van der Waals surface area contributed by atoms with Crippen LogP contribution in [0.1, 0.15) is 47.0 Å². The third-order valence-electron chi connectivity index (χ3n) is 2.87. The van der Waals surface area contributed by atoms with E-state index in [1.165, 1.54) is 25.8 Å². The van der Waals surface area contributed by atoms with Gasteiger partial charge in [0.2, 0.25) is 0 Å². The molecule has 0 aromatic carbocycles. The second-order valence-electron chi connectivity index (χ2n) is 4.03. The SMILES string of the molecule is CCCN(CC)C(C)(CN)CCC. The lowest BCUT2D eigenvalue weighted by Crippen LogP contribution is -2.51. The minimum Gasteiger partial charge on any atom is -0.329 e. The molecule has 0 aliphatic carbocycles. The van der Waals surface area contributed by atoms with Crippen molar-refractivity contribution in [3.05, 3.63) is 0 Å². The Morgan fingerprint density at radius 2 is 1.77 bits per heavy atom. The molecule has 0 heterocycles. The Balaban J connectivity index is 4.29. The van der Waals surface area contributed by atoms with Crippen molar-refractivity contribution < 1.29 is 0 Å². The molecule has 2 N–H and O–H groups in total. The molecule has 1 unspecified atom stereocenters. The lowest BCUT2D eigenvalue weighted by atomic mass is 9.93. The van der Waals surface area contributed by atoms with E-state index in [1.54, 1.807) is 0 Å². The Hall–Kier alpha value is -0.0800. The fourth-order valence-corrected chi connectivity index (χ4v) is 2.01. The fourth-order valence-electron chi connectivity index (χ4n) is 2.01. The maximum absolute atomic E-state index is 5.86. The van der Waals surface area contributed by atoms with E-state index in [1.807, 2.05) is 0 Å². The van der Waals surface area contributed by atoms with Gasteiger partial charge in [0, 0.05) is 12.1 Å². The molecule has 0 rings (SSSR count). The predicted molar refractivity (Wildman–Crippen MR) is 59.9 cm³/mol. The normalized spacial score (nSPS) is 16.2. The van der Waals surface area contributed by atoms with Crippen molar-refractivity contribution in [3.8, 4) is 0 Å². The van der Waals surface area contributed by atoms with Crippen molar-refractivity contribution in [1.29, 1.82) is 0 Å². The van der Waals surface area contributed by atoms with E-state index < -0.39 is 0 Å². The fraction of sp³-hybridized carbons (Fsp3) is 1.00. The van der Waals surface area contributed by atoms with E-state index in [4.69, 9.17) is 5.73 Å². The summed E-state index contributed by atoms with van der Waals surface area (Å²) in [5.74, 6) is 0. The summed E-state index contributed by atoms with van der Waals surface area (Å²) in [6.07, 6.45) is 3.64. The molecular formula is C11H26N2. The minimum atomic E-state index is 0.222. The van der Waals surface area contributed by atoms with Gasteiger partial charge < -0.3 is 5.73 Å². The molecule has 0 saturated heterocycles. The Morgan fingerprint density at radius 3 is 2.08 bits per heavy atom. The predicted octanol–water partition coefficient (Wildman–Crippen LogP) is 2.24. The highest BCUT2D eigenvalue weighted by molar-refractivity contribution is 4.86. The average molecular weight is 186 g/mol. The van der Waals surface area contributed by atoms with Crippen molar-refractivity contribution in [2.45, 2.75) is 52.5 Å². The van der Waals surface area contributed by atoms with Gasteiger partial charge in [-0.3, -0.25) is 4.90 Å². The number of hydrogen-bond donors (Lipinski definition) is 1. The molecular weight excluding hydrogens is 160 g/mol. The molecule has 13 heavy (non-hydrogen) atoms. The van der Waals surface area contributed by atoms with E-state index in [0.29, 0.717) is 0 Å². The third-order valence-corrected chi connectivity index (χ3v) is 2.87. The first-order valence-electron chi connectivity index (χ1n) is 5.59. The first-order chi connectivity index (χ1) is 6.14. The van der Waals surface area contributed by atoms with Gasteiger partial charge in [-0.1, -0.05) is 27.2 Å². The van der Waals surface area contributed by atoms with Crippen molar-refractivity contribution in [2.24, 2.45) is 5.73 Å². The summed E-state index contributed by atoms with van der Waals surface area (Å²) in [6, 6.07) is 0. The summed E-state index contributed by atoms with van der Waals surface area (Å²) in [5.41, 5.74) is 6.08. The van der Waals surface area contributed by atoms with Crippen LogP contribution in [0.5, 0.6) is 0 Å². The third kappa shape index (κ3) is 3.65. The van der Waals surface area contributed by atoms with Crippen LogP contribution in [0.2, 0.25) is 0 Å². The molecule has 0 aliphatic rings. The summed E-state index contributed by atoms with van der Waals surface area (Å²) >= 11 is 0. The van der Waals surface area contributed by atoms with Crippen molar-refractivity contribution in [2.75, 3.05) is 19.6 Å². The zero-order valence-electron chi connectivity index (χ0n) is 9.77. The number of nitrogens with zero attached hydrogens (tertiary/aromatic N) is 1. The largest absolute Gasteiger partial charge is 0.329 e. The standard InChI is InChI=1S/C11H26N2/c1-5-8-11(4,10-12)13(7-3)9-6-2/h5-10,12H2,1-4H3. The molecule has 0 saturated carbocycles. The van der Waals surface area contributed by atoms with Gasteiger partial charge in [-0.25, -0.2) is 0 Å². The van der Waals surface area contributed by atoms with Gasteiger partial charge in [0.05, 0.1) is 0 Å². The van der Waals surface area contributed by atoms with Gasteiger partial charge in [-0.2, -0.15) is 0 Å². The Morgan fingerprint density at radius 1 is 1.15 bits per heavy atom. The Bertz CT molecular complexity index is 125. The summed E-state index contributed by atoms with van der Waals surface area (Å²) in [4.78, 5) is 2.51. The van der Waals surface area contributed by atoms with Crippen LogP contribution < -0.4 is 5.73 Å². The first-order valence-corrected chi connectivity index (χ1v) is 5.59. The number of likely N-dealkylation sites (N-methyl/N-ethyl adjacent to an activating group) is 1. The van der Waals surface area contributed by atoms with E-state index in [9.17, 15) is 0 Å². The molecule has 0 bridgehead atoms. The van der Waals surface area contributed by atoms with Crippen LogP contribution in [0.25, 0.3) is 0 Å². The van der Waals surface area contributed by atoms with E-state index in [-0.39, 0.29) is 5.54 Å². The van der Waals surface area contributed by atoms with Crippen LogP contribution in [0.15, 0.2) is 0 Å². The van der Waals surface area contributed by atoms with Crippen molar-refractivity contribution in [3.63, 3.8) is 0 Å². The van der Waals surface area contributed by atoms with Crippen LogP contribution in [0.3, 0.4) is 0 Å². The summed E-state index contributed by atoms with van der Waals surface area (Å²) in [7, 11) is 0. The maximum atomic E-state index is 5.86. The van der Waals surface area contributed by atoms with Gasteiger partial charge in [0.15, 0.2) is 0 Å². The van der Waals surface area contributed by atoms with E-state index >= 15 is 0 Å². The van der Waals surface area contributed by atoms with Gasteiger partial charge in [0.25, 0.3) is 0 Å². The second-order valence-corrected chi connectivity index (χ2v) is 4.03. The molecule has 2 nitrogen and oxygen atoms in total. The molecule has 0 radical (unpaired) electrons. The van der Waals surface area contributed by atoms with Crippen molar-refractivity contribution in [1.82, 2.24) is 4.90 Å². The topological polar surface area (TPSA) is 29.3 Å². The summed E-state index contributed by atoms with van der Waals surface area (Å²) in [5, 5.41) is 0. The number of nitrogens with two attached hydrogens (primary N) is 1. The zero-order chi connectivity index (χ0) is 10.3. The van der Waals surface area contributed by atoms with Gasteiger partial charge in [0.1, 0.15) is 0 Å². The van der Waals surface area contributed by atoms with Crippen LogP contribution in [-0.2, 0) is 0 Å². The second kappa shape index (κ2) is 6.39.